The van der Waals surface area contributed by atoms with Crippen molar-refractivity contribution in [2.75, 3.05) is 6.54 Å². The van der Waals surface area contributed by atoms with Crippen molar-refractivity contribution >= 4 is 17.2 Å². The normalized spacial score (nSPS) is 22.6. The first kappa shape index (κ1) is 11.3. The van der Waals surface area contributed by atoms with Crippen LogP contribution in [0.15, 0.2) is 17.5 Å². The van der Waals surface area contributed by atoms with Crippen LogP contribution in [0.4, 0.5) is 0 Å². The summed E-state index contributed by atoms with van der Waals surface area (Å²) in [5.74, 6) is 0.615. The third-order valence-corrected chi connectivity index (χ3v) is 5.27. The summed E-state index contributed by atoms with van der Waals surface area (Å²) in [5.41, 5.74) is 0.249. The Hall–Kier alpha value is -0.830. The predicted octanol–water partition coefficient (Wildman–Crippen LogP) is 3.09. The first-order chi connectivity index (χ1) is 8.30. The molecule has 0 spiro atoms. The second-order valence-corrected chi connectivity index (χ2v) is 6.40. The van der Waals surface area contributed by atoms with Crippen molar-refractivity contribution in [1.29, 1.82) is 0 Å². The number of thiophene rings is 1. The Labute approximate surface area is 106 Å². The lowest BCUT2D eigenvalue weighted by molar-refractivity contribution is -0.122. The summed E-state index contributed by atoms with van der Waals surface area (Å²) in [6, 6.07) is 4.36. The van der Waals surface area contributed by atoms with E-state index in [0.29, 0.717) is 5.92 Å². The highest BCUT2D eigenvalue weighted by molar-refractivity contribution is 7.10. The molecule has 2 nitrogen and oxygen atoms in total. The van der Waals surface area contributed by atoms with Gasteiger partial charge in [-0.1, -0.05) is 18.9 Å². The van der Waals surface area contributed by atoms with Crippen molar-refractivity contribution in [2.45, 2.75) is 43.9 Å². The van der Waals surface area contributed by atoms with E-state index < -0.39 is 0 Å². The molecule has 1 amide bonds. The van der Waals surface area contributed by atoms with Gasteiger partial charge in [0.1, 0.15) is 0 Å². The van der Waals surface area contributed by atoms with Gasteiger partial charge in [-0.05, 0) is 37.1 Å². The summed E-state index contributed by atoms with van der Waals surface area (Å²) in [5, 5.41) is 5.33. The van der Waals surface area contributed by atoms with Crippen LogP contribution in [0.25, 0.3) is 0 Å². The monoisotopic (exact) mass is 249 g/mol. The Bertz CT molecular complexity index is 388. The minimum Gasteiger partial charge on any atom is -0.355 e. The molecule has 0 saturated heterocycles. The van der Waals surface area contributed by atoms with Crippen LogP contribution in [0.5, 0.6) is 0 Å². The zero-order valence-electron chi connectivity index (χ0n) is 10.1. The lowest BCUT2D eigenvalue weighted by Gasteiger charge is -2.28. The number of nitrogens with one attached hydrogen (secondary N) is 1. The fraction of sp³-hybridized carbons (Fsp3) is 0.643. The molecule has 1 aromatic rings. The minimum atomic E-state index is 0.249. The fourth-order valence-electron chi connectivity index (χ4n) is 2.89. The van der Waals surface area contributed by atoms with Gasteiger partial charge >= 0.3 is 0 Å². The van der Waals surface area contributed by atoms with E-state index in [1.807, 2.05) is 11.3 Å². The Balaban J connectivity index is 1.69. The highest BCUT2D eigenvalue weighted by atomic mass is 32.1. The molecule has 0 atom stereocenters. The third-order valence-electron chi connectivity index (χ3n) is 4.15. The van der Waals surface area contributed by atoms with Crippen LogP contribution in [-0.2, 0) is 10.2 Å². The van der Waals surface area contributed by atoms with Gasteiger partial charge in [-0.25, -0.2) is 0 Å². The number of rotatable bonds is 4. The number of carbonyl (C=O) groups excluding carboxylic acids is 1. The largest absolute Gasteiger partial charge is 0.355 e. The van der Waals surface area contributed by atoms with Gasteiger partial charge in [0.2, 0.25) is 5.91 Å². The molecule has 2 aliphatic rings. The van der Waals surface area contributed by atoms with Crippen LogP contribution in [-0.4, -0.2) is 12.5 Å². The van der Waals surface area contributed by atoms with Gasteiger partial charge in [-0.3, -0.25) is 4.79 Å². The van der Waals surface area contributed by atoms with Crippen LogP contribution in [0, 0.1) is 5.92 Å². The molecule has 2 aliphatic carbocycles. The number of amides is 1. The molecule has 0 radical (unpaired) electrons. The molecule has 0 aliphatic heterocycles. The minimum absolute atomic E-state index is 0.249. The average molecular weight is 249 g/mol. The van der Waals surface area contributed by atoms with Crippen molar-refractivity contribution in [2.24, 2.45) is 5.92 Å². The van der Waals surface area contributed by atoms with Gasteiger partial charge < -0.3 is 5.32 Å². The van der Waals surface area contributed by atoms with E-state index in [0.717, 1.165) is 19.4 Å². The number of hydrogen-bond acceptors (Lipinski definition) is 2. The molecule has 1 heterocycles. The lowest BCUT2D eigenvalue weighted by Crippen LogP contribution is -2.39. The summed E-state index contributed by atoms with van der Waals surface area (Å²) < 4.78 is 0. The molecule has 0 bridgehead atoms. The first-order valence-corrected chi connectivity index (χ1v) is 7.50. The van der Waals surface area contributed by atoms with Crippen molar-refractivity contribution in [3.63, 3.8) is 0 Å². The second-order valence-electron chi connectivity index (χ2n) is 5.46. The molecule has 1 aromatic heterocycles. The summed E-state index contributed by atoms with van der Waals surface area (Å²) in [6.45, 7) is 0.850. The molecule has 17 heavy (non-hydrogen) atoms. The highest BCUT2D eigenvalue weighted by Crippen LogP contribution is 2.42. The summed E-state index contributed by atoms with van der Waals surface area (Å²) in [7, 11) is 0. The van der Waals surface area contributed by atoms with Crippen molar-refractivity contribution in [3.8, 4) is 0 Å². The van der Waals surface area contributed by atoms with Gasteiger partial charge in [0.05, 0.1) is 0 Å². The third kappa shape index (κ3) is 2.25. The maximum absolute atomic E-state index is 11.8. The van der Waals surface area contributed by atoms with Crippen LogP contribution < -0.4 is 5.32 Å². The van der Waals surface area contributed by atoms with E-state index in [1.165, 1.54) is 30.6 Å². The predicted molar refractivity (Wildman–Crippen MR) is 70.2 cm³/mol. The summed E-state index contributed by atoms with van der Waals surface area (Å²) in [4.78, 5) is 13.2. The van der Waals surface area contributed by atoms with E-state index >= 15 is 0 Å². The zero-order valence-corrected chi connectivity index (χ0v) is 10.9. The van der Waals surface area contributed by atoms with Gasteiger partial charge in [0, 0.05) is 22.8 Å². The molecule has 2 fully saturated rings. The highest BCUT2D eigenvalue weighted by Gasteiger charge is 2.38. The van der Waals surface area contributed by atoms with Crippen molar-refractivity contribution < 1.29 is 4.79 Å². The topological polar surface area (TPSA) is 29.1 Å². The van der Waals surface area contributed by atoms with Crippen LogP contribution in [0.3, 0.4) is 0 Å². The van der Waals surface area contributed by atoms with Crippen LogP contribution in [0.2, 0.25) is 0 Å². The smallest absolute Gasteiger partial charge is 0.223 e. The molecule has 1 N–H and O–H groups in total. The van der Waals surface area contributed by atoms with Crippen molar-refractivity contribution in [3.05, 3.63) is 22.4 Å². The van der Waals surface area contributed by atoms with Crippen LogP contribution in [0.1, 0.15) is 43.4 Å². The summed E-state index contributed by atoms with van der Waals surface area (Å²) >= 11 is 1.84. The molecule has 92 valence electrons. The van der Waals surface area contributed by atoms with Crippen LogP contribution >= 0.6 is 11.3 Å². The Kier molecular flexibility index (Phi) is 2.95. The Morgan fingerprint density at radius 1 is 1.41 bits per heavy atom. The second kappa shape index (κ2) is 4.45. The molecular weight excluding hydrogens is 230 g/mol. The molecule has 0 aromatic carbocycles. The fourth-order valence-corrected chi connectivity index (χ4v) is 3.88. The Morgan fingerprint density at radius 3 is 2.76 bits per heavy atom. The summed E-state index contributed by atoms with van der Waals surface area (Å²) in [6.07, 6.45) is 7.26. The van der Waals surface area contributed by atoms with E-state index in [1.54, 1.807) is 0 Å². The van der Waals surface area contributed by atoms with Gasteiger partial charge in [0.25, 0.3) is 0 Å². The average Bonchev–Trinajstić information content (AvgIpc) is 2.86. The molecule has 2 saturated carbocycles. The van der Waals surface area contributed by atoms with E-state index in [9.17, 15) is 4.79 Å². The SMILES string of the molecule is O=C(NCC1(c2cccs2)CCCC1)C1CC1. The number of hydrogen-bond donors (Lipinski definition) is 1. The van der Waals surface area contributed by atoms with Gasteiger partial charge in [0.15, 0.2) is 0 Å². The first-order valence-electron chi connectivity index (χ1n) is 6.62. The van der Waals surface area contributed by atoms with Gasteiger partial charge in [-0.2, -0.15) is 0 Å². The van der Waals surface area contributed by atoms with E-state index in [-0.39, 0.29) is 11.3 Å². The standard InChI is InChI=1S/C14H19NOS/c16-13(11-5-6-11)15-10-14(7-1-2-8-14)12-4-3-9-17-12/h3-4,9,11H,1-2,5-8,10H2,(H,15,16). The van der Waals surface area contributed by atoms with E-state index in [2.05, 4.69) is 22.8 Å². The van der Waals surface area contributed by atoms with Crippen molar-refractivity contribution in [1.82, 2.24) is 5.32 Å². The molecule has 0 unspecified atom stereocenters. The quantitative estimate of drug-likeness (QED) is 0.873. The maximum Gasteiger partial charge on any atom is 0.223 e. The molecule has 3 rings (SSSR count). The maximum atomic E-state index is 11.8. The zero-order chi connectivity index (χ0) is 11.7. The van der Waals surface area contributed by atoms with E-state index in [4.69, 9.17) is 0 Å². The lowest BCUT2D eigenvalue weighted by atomic mass is 9.84. The van der Waals surface area contributed by atoms with Gasteiger partial charge in [-0.15, -0.1) is 11.3 Å². The number of carbonyl (C=O) groups is 1. The molecule has 3 heteroatoms. The Morgan fingerprint density at radius 2 is 2.18 bits per heavy atom. The molecular formula is C14H19NOS.